The summed E-state index contributed by atoms with van der Waals surface area (Å²) in [7, 11) is 0. The predicted molar refractivity (Wildman–Crippen MR) is 82.7 cm³/mol. The van der Waals surface area contributed by atoms with Crippen molar-refractivity contribution in [1.29, 1.82) is 0 Å². The first-order valence-electron chi connectivity index (χ1n) is 5.62. The largest absolute Gasteiger partial charge is 0.309 e. The van der Waals surface area contributed by atoms with Gasteiger partial charge in [-0.2, -0.15) is 11.8 Å². The van der Waals surface area contributed by atoms with Gasteiger partial charge in [0.2, 0.25) is 0 Å². The van der Waals surface area contributed by atoms with Crippen molar-refractivity contribution in [1.82, 2.24) is 9.97 Å². The summed E-state index contributed by atoms with van der Waals surface area (Å²) in [5, 5.41) is 0.540. The number of aromatic amines is 1. The number of thioether (sulfide) groups is 1. The van der Waals surface area contributed by atoms with Crippen LogP contribution in [0.2, 0.25) is 0 Å². The number of rotatable bonds is 3. The molecule has 3 nitrogen and oxygen atoms in total. The first-order valence-corrected chi connectivity index (χ1v) is 7.75. The summed E-state index contributed by atoms with van der Waals surface area (Å²) in [6.07, 6.45) is 0. The van der Waals surface area contributed by atoms with E-state index in [4.69, 9.17) is 0 Å². The van der Waals surface area contributed by atoms with Gasteiger partial charge in [-0.05, 0) is 27.8 Å². The molecule has 1 rings (SSSR count). The predicted octanol–water partition coefficient (Wildman–Crippen LogP) is 3.31. The van der Waals surface area contributed by atoms with Crippen LogP contribution in [-0.4, -0.2) is 15.2 Å². The topological polar surface area (TPSA) is 45.8 Å². The summed E-state index contributed by atoms with van der Waals surface area (Å²) in [6, 6.07) is 0. The van der Waals surface area contributed by atoms with Crippen LogP contribution < -0.4 is 5.56 Å². The fraction of sp³-hybridized carbons (Fsp3) is 0.667. The Morgan fingerprint density at radius 2 is 2.00 bits per heavy atom. The molecule has 0 aliphatic heterocycles. The lowest BCUT2D eigenvalue weighted by Gasteiger charge is -2.19. The molecule has 1 N–H and O–H groups in total. The van der Waals surface area contributed by atoms with Crippen LogP contribution in [0.3, 0.4) is 0 Å². The van der Waals surface area contributed by atoms with Crippen molar-refractivity contribution in [3.8, 4) is 0 Å². The maximum atomic E-state index is 11.8. The Morgan fingerprint density at radius 1 is 1.41 bits per heavy atom. The van der Waals surface area contributed by atoms with Gasteiger partial charge < -0.3 is 4.98 Å². The Balaban J connectivity index is 3.11. The molecule has 0 spiro atoms. The van der Waals surface area contributed by atoms with Crippen molar-refractivity contribution in [2.45, 2.75) is 51.0 Å². The molecule has 0 saturated carbocycles. The molecule has 5 heteroatoms. The Labute approximate surface area is 120 Å². The van der Waals surface area contributed by atoms with E-state index in [1.54, 1.807) is 11.8 Å². The van der Waals surface area contributed by atoms with Gasteiger partial charge in [0.05, 0.1) is 11.4 Å². The normalized spacial score (nSPS) is 12.2. The number of hydrogen-bond acceptors (Lipinski definition) is 3. The third-order valence-electron chi connectivity index (χ3n) is 2.18. The molecule has 1 aromatic rings. The summed E-state index contributed by atoms with van der Waals surface area (Å²) in [4.78, 5) is 19.3. The SMILES string of the molecule is CC(C)SCc1nc(C(C)(C)C)c(I)c(=O)[nH]1. The molecule has 1 aromatic heterocycles. The minimum absolute atomic E-state index is 0.0233. The van der Waals surface area contributed by atoms with E-state index in [2.05, 4.69) is 67.2 Å². The number of aromatic nitrogens is 2. The lowest BCUT2D eigenvalue weighted by molar-refractivity contribution is 0.557. The van der Waals surface area contributed by atoms with Crippen molar-refractivity contribution in [2.24, 2.45) is 0 Å². The molecule has 0 fully saturated rings. The van der Waals surface area contributed by atoms with E-state index in [-0.39, 0.29) is 11.0 Å². The van der Waals surface area contributed by atoms with Crippen LogP contribution in [0.25, 0.3) is 0 Å². The molecule has 0 aliphatic carbocycles. The second-order valence-electron chi connectivity index (χ2n) is 5.28. The Morgan fingerprint density at radius 3 is 2.47 bits per heavy atom. The highest BCUT2D eigenvalue weighted by molar-refractivity contribution is 14.1. The van der Waals surface area contributed by atoms with Gasteiger partial charge in [0.15, 0.2) is 0 Å². The molecule has 0 saturated heterocycles. The lowest BCUT2D eigenvalue weighted by Crippen LogP contribution is -2.25. The molecule has 17 heavy (non-hydrogen) atoms. The summed E-state index contributed by atoms with van der Waals surface area (Å²) >= 11 is 3.86. The van der Waals surface area contributed by atoms with Crippen molar-refractivity contribution >= 4 is 34.4 Å². The van der Waals surface area contributed by atoms with Gasteiger partial charge in [-0.25, -0.2) is 4.98 Å². The standard InChI is InChI=1S/C12H19IN2OS/c1-7(2)17-6-8-14-10(12(3,4)5)9(13)11(16)15-8/h7H,6H2,1-5H3,(H,14,15,16). The minimum Gasteiger partial charge on any atom is -0.309 e. The van der Waals surface area contributed by atoms with Gasteiger partial charge in [-0.15, -0.1) is 0 Å². The molecule has 0 aliphatic rings. The number of halogens is 1. The summed E-state index contributed by atoms with van der Waals surface area (Å²) in [6.45, 7) is 10.5. The molecule has 0 radical (unpaired) electrons. The van der Waals surface area contributed by atoms with E-state index >= 15 is 0 Å². The average molecular weight is 366 g/mol. The van der Waals surface area contributed by atoms with Crippen molar-refractivity contribution in [3.05, 3.63) is 25.4 Å². The van der Waals surface area contributed by atoms with Crippen LogP contribution in [0.15, 0.2) is 4.79 Å². The number of nitrogens with one attached hydrogen (secondary N) is 1. The van der Waals surface area contributed by atoms with Gasteiger partial charge in [-0.3, -0.25) is 4.79 Å². The van der Waals surface area contributed by atoms with E-state index in [1.807, 2.05) is 0 Å². The van der Waals surface area contributed by atoms with Gasteiger partial charge >= 0.3 is 0 Å². The Bertz CT molecular complexity index is 449. The zero-order valence-electron chi connectivity index (χ0n) is 10.9. The smallest absolute Gasteiger partial charge is 0.264 e. The Hall–Kier alpha value is -0.0400. The maximum absolute atomic E-state index is 11.8. The van der Waals surface area contributed by atoms with E-state index in [0.717, 1.165) is 17.3 Å². The quantitative estimate of drug-likeness (QED) is 0.835. The Kier molecular flexibility index (Phi) is 5.07. The number of nitrogens with zero attached hydrogens (tertiary/aromatic N) is 1. The molecule has 1 heterocycles. The van der Waals surface area contributed by atoms with E-state index < -0.39 is 0 Å². The molecule has 0 atom stereocenters. The molecule has 0 bridgehead atoms. The van der Waals surface area contributed by atoms with Crippen LogP contribution in [0, 0.1) is 3.57 Å². The summed E-state index contributed by atoms with van der Waals surface area (Å²) in [5.74, 6) is 1.53. The van der Waals surface area contributed by atoms with E-state index in [0.29, 0.717) is 8.82 Å². The average Bonchev–Trinajstić information content (AvgIpc) is 2.17. The lowest BCUT2D eigenvalue weighted by atomic mass is 9.92. The highest BCUT2D eigenvalue weighted by atomic mass is 127. The summed E-state index contributed by atoms with van der Waals surface area (Å²) in [5.41, 5.74) is 0.772. The van der Waals surface area contributed by atoms with Crippen LogP contribution >= 0.6 is 34.4 Å². The number of H-pyrrole nitrogens is 1. The minimum atomic E-state index is -0.0952. The molecule has 96 valence electrons. The first kappa shape index (κ1) is 15.0. The molecule has 0 amide bonds. The van der Waals surface area contributed by atoms with Crippen LogP contribution in [0.5, 0.6) is 0 Å². The van der Waals surface area contributed by atoms with Gasteiger partial charge in [0.1, 0.15) is 9.39 Å². The molecular weight excluding hydrogens is 347 g/mol. The van der Waals surface area contributed by atoms with Crippen molar-refractivity contribution in [2.75, 3.05) is 0 Å². The maximum Gasteiger partial charge on any atom is 0.264 e. The highest BCUT2D eigenvalue weighted by Gasteiger charge is 2.21. The first-order chi connectivity index (χ1) is 7.71. The molecular formula is C12H19IN2OS. The third kappa shape index (κ3) is 4.28. The second-order valence-corrected chi connectivity index (χ2v) is 7.93. The zero-order chi connectivity index (χ0) is 13.2. The number of hydrogen-bond donors (Lipinski definition) is 1. The molecule has 0 aromatic carbocycles. The van der Waals surface area contributed by atoms with E-state index in [9.17, 15) is 4.79 Å². The summed E-state index contributed by atoms with van der Waals surface area (Å²) < 4.78 is 0.702. The fourth-order valence-electron chi connectivity index (χ4n) is 1.32. The van der Waals surface area contributed by atoms with Gasteiger partial charge in [0.25, 0.3) is 5.56 Å². The van der Waals surface area contributed by atoms with Crippen molar-refractivity contribution in [3.63, 3.8) is 0 Å². The fourth-order valence-corrected chi connectivity index (χ4v) is 3.01. The van der Waals surface area contributed by atoms with Gasteiger partial charge in [0, 0.05) is 5.41 Å². The van der Waals surface area contributed by atoms with Gasteiger partial charge in [-0.1, -0.05) is 34.6 Å². The monoisotopic (exact) mass is 366 g/mol. The highest BCUT2D eigenvalue weighted by Crippen LogP contribution is 2.24. The van der Waals surface area contributed by atoms with Crippen molar-refractivity contribution < 1.29 is 0 Å². The van der Waals surface area contributed by atoms with Crippen LogP contribution in [-0.2, 0) is 11.2 Å². The van der Waals surface area contributed by atoms with E-state index in [1.165, 1.54) is 0 Å². The zero-order valence-corrected chi connectivity index (χ0v) is 13.9. The molecule has 0 unspecified atom stereocenters. The third-order valence-corrected chi connectivity index (χ3v) is 4.28. The van der Waals surface area contributed by atoms with Crippen LogP contribution in [0.1, 0.15) is 46.1 Å². The second kappa shape index (κ2) is 5.73. The van der Waals surface area contributed by atoms with Crippen LogP contribution in [0.4, 0.5) is 0 Å².